The first-order valence-corrected chi connectivity index (χ1v) is 6.87. The summed E-state index contributed by atoms with van der Waals surface area (Å²) in [6, 6.07) is 0. The van der Waals surface area contributed by atoms with Gasteiger partial charge < -0.3 is 10.5 Å². The summed E-state index contributed by atoms with van der Waals surface area (Å²) < 4.78 is 4.72. The Labute approximate surface area is 111 Å². The van der Waals surface area contributed by atoms with Crippen LogP contribution in [0.15, 0.2) is 17.6 Å². The van der Waals surface area contributed by atoms with Gasteiger partial charge in [-0.2, -0.15) is 0 Å². The molecule has 0 atom stereocenters. The quantitative estimate of drug-likeness (QED) is 0.476. The van der Waals surface area contributed by atoms with Crippen molar-refractivity contribution < 1.29 is 9.53 Å². The van der Waals surface area contributed by atoms with E-state index in [1.165, 1.54) is 7.11 Å². The Morgan fingerprint density at radius 2 is 2.17 bits per heavy atom. The lowest BCUT2D eigenvalue weighted by molar-refractivity contribution is -0.141. The number of ether oxygens (including phenoxy) is 1. The molecule has 1 aliphatic carbocycles. The summed E-state index contributed by atoms with van der Waals surface area (Å²) in [6.07, 6.45) is 6.15. The number of rotatable bonds is 6. The van der Waals surface area contributed by atoms with E-state index in [1.807, 2.05) is 0 Å². The Bertz CT molecular complexity index is 418. The molecule has 0 saturated heterocycles. The van der Waals surface area contributed by atoms with Gasteiger partial charge >= 0.3 is 5.97 Å². The van der Waals surface area contributed by atoms with Gasteiger partial charge in [-0.3, -0.25) is 4.79 Å². The Morgan fingerprint density at radius 3 is 2.67 bits per heavy atom. The van der Waals surface area contributed by atoms with Crippen LogP contribution in [0.4, 0.5) is 0 Å². The number of thioether (sulfide) groups is 1. The predicted octanol–water partition coefficient (Wildman–Crippen LogP) is 1.37. The van der Waals surface area contributed by atoms with E-state index in [-0.39, 0.29) is 11.4 Å². The van der Waals surface area contributed by atoms with Crippen molar-refractivity contribution >= 4 is 17.7 Å². The van der Waals surface area contributed by atoms with Gasteiger partial charge in [0, 0.05) is 30.3 Å². The third-order valence-electron chi connectivity index (χ3n) is 3.13. The molecule has 2 rings (SSSR count). The van der Waals surface area contributed by atoms with Crippen molar-refractivity contribution in [2.75, 3.05) is 12.9 Å². The lowest BCUT2D eigenvalue weighted by atomic mass is 10.1. The highest BCUT2D eigenvalue weighted by Crippen LogP contribution is 2.51. The van der Waals surface area contributed by atoms with Crippen LogP contribution in [0.5, 0.6) is 0 Å². The van der Waals surface area contributed by atoms with Crippen LogP contribution in [-0.4, -0.2) is 28.8 Å². The van der Waals surface area contributed by atoms with Crippen molar-refractivity contribution in [2.24, 2.45) is 11.1 Å². The zero-order chi connectivity index (χ0) is 13.0. The summed E-state index contributed by atoms with van der Waals surface area (Å²) in [4.78, 5) is 19.8. The normalized spacial score (nSPS) is 16.3. The molecule has 0 amide bonds. The summed E-state index contributed by atoms with van der Waals surface area (Å²) in [5.41, 5.74) is 6.52. The van der Waals surface area contributed by atoms with E-state index in [0.717, 1.165) is 29.3 Å². The molecule has 0 spiro atoms. The molecule has 0 aliphatic heterocycles. The molecular formula is C12H17N3O2S. The van der Waals surface area contributed by atoms with Gasteiger partial charge in [0.25, 0.3) is 0 Å². The van der Waals surface area contributed by atoms with E-state index in [4.69, 9.17) is 10.5 Å². The molecule has 1 aromatic heterocycles. The molecule has 1 aromatic rings. The second kappa shape index (κ2) is 5.67. The van der Waals surface area contributed by atoms with Gasteiger partial charge in [-0.15, -0.1) is 0 Å². The topological polar surface area (TPSA) is 78.1 Å². The van der Waals surface area contributed by atoms with Crippen LogP contribution >= 0.6 is 11.8 Å². The van der Waals surface area contributed by atoms with Gasteiger partial charge in [-0.25, -0.2) is 9.97 Å². The molecule has 18 heavy (non-hydrogen) atoms. The molecule has 5 nitrogen and oxygen atoms in total. The summed E-state index contributed by atoms with van der Waals surface area (Å²) in [7, 11) is 1.43. The minimum Gasteiger partial charge on any atom is -0.469 e. The fourth-order valence-corrected chi connectivity index (χ4v) is 2.75. The van der Waals surface area contributed by atoms with Gasteiger partial charge in [0.1, 0.15) is 0 Å². The lowest BCUT2D eigenvalue weighted by Crippen LogP contribution is -2.13. The first-order valence-electron chi connectivity index (χ1n) is 5.88. The van der Waals surface area contributed by atoms with Crippen LogP contribution in [0.1, 0.15) is 24.8 Å². The molecule has 0 bridgehead atoms. The molecule has 0 radical (unpaired) electrons. The van der Waals surface area contributed by atoms with Gasteiger partial charge in [0.2, 0.25) is 0 Å². The highest BCUT2D eigenvalue weighted by Gasteiger charge is 2.44. The molecule has 1 saturated carbocycles. The Hall–Kier alpha value is -1.14. The van der Waals surface area contributed by atoms with Crippen molar-refractivity contribution in [3.8, 4) is 0 Å². The van der Waals surface area contributed by atoms with Crippen LogP contribution in [0, 0.1) is 5.41 Å². The summed E-state index contributed by atoms with van der Waals surface area (Å²) >= 11 is 1.59. The Morgan fingerprint density at radius 1 is 1.50 bits per heavy atom. The van der Waals surface area contributed by atoms with E-state index in [2.05, 4.69) is 9.97 Å². The number of hydrogen-bond donors (Lipinski definition) is 1. The molecule has 1 fully saturated rings. The number of aromatic nitrogens is 2. The van der Waals surface area contributed by atoms with E-state index in [0.29, 0.717) is 13.0 Å². The maximum Gasteiger partial charge on any atom is 0.306 e. The minimum absolute atomic E-state index is 0.105. The van der Waals surface area contributed by atoms with Crippen LogP contribution < -0.4 is 5.73 Å². The fraction of sp³-hybridized carbons (Fsp3) is 0.583. The third-order valence-corrected chi connectivity index (χ3v) is 4.35. The van der Waals surface area contributed by atoms with Crippen molar-refractivity contribution in [3.63, 3.8) is 0 Å². The minimum atomic E-state index is -0.132. The summed E-state index contributed by atoms with van der Waals surface area (Å²) in [5, 5.41) is 0.739. The van der Waals surface area contributed by atoms with Crippen LogP contribution in [-0.2, 0) is 16.1 Å². The average Bonchev–Trinajstić information content (AvgIpc) is 3.17. The van der Waals surface area contributed by atoms with Crippen LogP contribution in [0.3, 0.4) is 0 Å². The monoisotopic (exact) mass is 267 g/mol. The maximum absolute atomic E-state index is 11.3. The number of carbonyl (C=O) groups excluding carboxylic acids is 1. The highest BCUT2D eigenvalue weighted by atomic mass is 32.2. The highest BCUT2D eigenvalue weighted by molar-refractivity contribution is 7.99. The summed E-state index contributed by atoms with van der Waals surface area (Å²) in [5.74, 6) is 0.733. The Kier molecular flexibility index (Phi) is 4.19. The summed E-state index contributed by atoms with van der Waals surface area (Å²) in [6.45, 7) is 0.456. The first-order chi connectivity index (χ1) is 8.67. The van der Waals surface area contributed by atoms with Gasteiger partial charge in [-0.05, 0) is 18.3 Å². The largest absolute Gasteiger partial charge is 0.469 e. The fourth-order valence-electron chi connectivity index (χ4n) is 1.67. The molecule has 6 heteroatoms. The van der Waals surface area contributed by atoms with Gasteiger partial charge in [0.05, 0.1) is 13.5 Å². The van der Waals surface area contributed by atoms with Crippen LogP contribution in [0.25, 0.3) is 0 Å². The Balaban J connectivity index is 1.85. The molecule has 0 aromatic carbocycles. The number of methoxy groups -OCH3 is 1. The molecule has 2 N–H and O–H groups in total. The molecule has 0 unspecified atom stereocenters. The zero-order valence-corrected chi connectivity index (χ0v) is 11.2. The smallest absolute Gasteiger partial charge is 0.306 e. The number of nitrogens with zero attached hydrogens (tertiary/aromatic N) is 2. The lowest BCUT2D eigenvalue weighted by Gasteiger charge is -2.12. The van der Waals surface area contributed by atoms with Gasteiger partial charge in [0.15, 0.2) is 5.16 Å². The predicted molar refractivity (Wildman–Crippen MR) is 68.9 cm³/mol. The number of carbonyl (C=O) groups is 1. The standard InChI is InChI=1S/C12H17N3O2S/c1-17-10(16)4-12(2-3-12)8-18-11-14-6-9(5-13)7-15-11/h6-7H,2-5,8,13H2,1H3. The van der Waals surface area contributed by atoms with E-state index in [1.54, 1.807) is 24.2 Å². The van der Waals surface area contributed by atoms with Crippen LogP contribution in [0.2, 0.25) is 0 Å². The molecular weight excluding hydrogens is 250 g/mol. The van der Waals surface area contributed by atoms with Crippen molar-refractivity contribution in [3.05, 3.63) is 18.0 Å². The second-order valence-corrected chi connectivity index (χ2v) is 5.56. The third kappa shape index (κ3) is 3.43. The number of hydrogen-bond acceptors (Lipinski definition) is 6. The molecule has 1 heterocycles. The molecule has 98 valence electrons. The zero-order valence-electron chi connectivity index (χ0n) is 10.4. The van der Waals surface area contributed by atoms with E-state index >= 15 is 0 Å². The maximum atomic E-state index is 11.3. The van der Waals surface area contributed by atoms with E-state index < -0.39 is 0 Å². The van der Waals surface area contributed by atoms with Crippen molar-refractivity contribution in [1.29, 1.82) is 0 Å². The number of esters is 1. The average molecular weight is 267 g/mol. The second-order valence-electron chi connectivity index (χ2n) is 4.62. The van der Waals surface area contributed by atoms with Crippen molar-refractivity contribution in [2.45, 2.75) is 31.0 Å². The first kappa shape index (κ1) is 13.3. The van der Waals surface area contributed by atoms with Gasteiger partial charge in [-0.1, -0.05) is 11.8 Å². The van der Waals surface area contributed by atoms with Crippen molar-refractivity contribution in [1.82, 2.24) is 9.97 Å². The van der Waals surface area contributed by atoms with E-state index in [9.17, 15) is 4.79 Å². The molecule has 1 aliphatic rings. The SMILES string of the molecule is COC(=O)CC1(CSc2ncc(CN)cn2)CC1. The number of nitrogens with two attached hydrogens (primary N) is 1.